The number of H-pyrrole nitrogens is 1. The van der Waals surface area contributed by atoms with Crippen LogP contribution >= 0.6 is 0 Å². The van der Waals surface area contributed by atoms with Crippen molar-refractivity contribution in [2.75, 3.05) is 13.2 Å². The highest BCUT2D eigenvalue weighted by Gasteiger charge is 2.14. The van der Waals surface area contributed by atoms with Crippen LogP contribution in [-0.2, 0) is 0 Å². The van der Waals surface area contributed by atoms with Gasteiger partial charge >= 0.3 is 0 Å². The molecular weight excluding hydrogens is 296 g/mol. The van der Waals surface area contributed by atoms with Crippen LogP contribution < -0.4 is 4.74 Å². The predicted molar refractivity (Wildman–Crippen MR) is 84.6 cm³/mol. The molecule has 3 rings (SSSR count). The van der Waals surface area contributed by atoms with Gasteiger partial charge in [-0.05, 0) is 24.3 Å². The van der Waals surface area contributed by atoms with Crippen LogP contribution in [0.25, 0.3) is 10.9 Å². The minimum atomic E-state index is -0.919. The van der Waals surface area contributed by atoms with Crippen molar-refractivity contribution in [3.63, 3.8) is 0 Å². The average Bonchev–Trinajstić information content (AvgIpc) is 3.02. The molecule has 0 amide bonds. The molecule has 0 saturated carbocycles. The second-order valence-corrected chi connectivity index (χ2v) is 5.13. The van der Waals surface area contributed by atoms with E-state index in [0.29, 0.717) is 16.9 Å². The maximum absolute atomic E-state index is 12.5. The molecule has 1 aromatic carbocycles. The molecular formula is C17H16N2O4. The van der Waals surface area contributed by atoms with Crippen LogP contribution in [-0.4, -0.2) is 45.3 Å². The number of benzene rings is 1. The predicted octanol–water partition coefficient (Wildman–Crippen LogP) is 1.53. The van der Waals surface area contributed by atoms with Gasteiger partial charge in [0.2, 0.25) is 0 Å². The van der Waals surface area contributed by atoms with Crippen molar-refractivity contribution in [2.45, 2.75) is 6.10 Å². The molecule has 6 heteroatoms. The Morgan fingerprint density at radius 3 is 2.96 bits per heavy atom. The first kappa shape index (κ1) is 15.2. The number of hydrogen-bond donors (Lipinski definition) is 3. The van der Waals surface area contributed by atoms with Crippen molar-refractivity contribution in [3.8, 4) is 5.75 Å². The molecule has 0 aliphatic carbocycles. The number of hydrogen-bond acceptors (Lipinski definition) is 5. The van der Waals surface area contributed by atoms with Gasteiger partial charge in [-0.2, -0.15) is 0 Å². The maximum atomic E-state index is 12.5. The molecule has 23 heavy (non-hydrogen) atoms. The van der Waals surface area contributed by atoms with Gasteiger partial charge in [-0.1, -0.05) is 0 Å². The molecule has 0 radical (unpaired) electrons. The summed E-state index contributed by atoms with van der Waals surface area (Å²) in [6, 6.07) is 8.71. The second kappa shape index (κ2) is 6.60. The van der Waals surface area contributed by atoms with E-state index in [1.54, 1.807) is 42.7 Å². The summed E-state index contributed by atoms with van der Waals surface area (Å²) in [4.78, 5) is 19.5. The Morgan fingerprint density at radius 2 is 2.22 bits per heavy atom. The number of pyridine rings is 1. The number of rotatable bonds is 6. The molecule has 6 nitrogen and oxygen atoms in total. The molecule has 3 aromatic rings. The smallest absolute Gasteiger partial charge is 0.196 e. The molecule has 118 valence electrons. The fourth-order valence-corrected chi connectivity index (χ4v) is 2.28. The van der Waals surface area contributed by atoms with E-state index in [4.69, 9.17) is 9.84 Å². The first-order valence-electron chi connectivity index (χ1n) is 7.16. The minimum Gasteiger partial charge on any atom is -0.491 e. The topological polar surface area (TPSA) is 95.4 Å². The zero-order valence-electron chi connectivity index (χ0n) is 12.3. The number of nitrogens with one attached hydrogen (secondary N) is 1. The van der Waals surface area contributed by atoms with E-state index >= 15 is 0 Å². The number of nitrogens with zero attached hydrogens (tertiary/aromatic N) is 1. The van der Waals surface area contributed by atoms with Gasteiger partial charge in [0.05, 0.1) is 6.61 Å². The lowest BCUT2D eigenvalue weighted by atomic mass is 10.0. The van der Waals surface area contributed by atoms with E-state index in [9.17, 15) is 9.90 Å². The number of ether oxygens (including phenoxy) is 1. The Labute approximate surface area is 132 Å². The minimum absolute atomic E-state index is 0.00415. The Balaban J connectivity index is 1.86. The molecule has 3 N–H and O–H groups in total. The molecule has 2 aromatic heterocycles. The first-order valence-corrected chi connectivity index (χ1v) is 7.16. The number of carbonyl (C=O) groups excluding carboxylic acids is 1. The normalized spacial score (nSPS) is 12.3. The standard InChI is InChI=1S/C17H16N2O4/c20-9-12(21)10-23-13-3-4-14-15(8-19-16(14)6-13)17(22)11-2-1-5-18-7-11/h1-8,12,19-21H,9-10H2. The van der Waals surface area contributed by atoms with E-state index in [-0.39, 0.29) is 19.0 Å². The Bertz CT molecular complexity index is 814. The highest BCUT2D eigenvalue weighted by Crippen LogP contribution is 2.25. The van der Waals surface area contributed by atoms with Gasteiger partial charge in [-0.25, -0.2) is 0 Å². The first-order chi connectivity index (χ1) is 11.2. The van der Waals surface area contributed by atoms with E-state index in [2.05, 4.69) is 9.97 Å². The molecule has 0 aliphatic rings. The summed E-state index contributed by atoms with van der Waals surface area (Å²) < 4.78 is 5.40. The monoisotopic (exact) mass is 312 g/mol. The largest absolute Gasteiger partial charge is 0.491 e. The van der Waals surface area contributed by atoms with E-state index < -0.39 is 6.10 Å². The third-order valence-electron chi connectivity index (χ3n) is 3.47. The molecule has 1 atom stereocenters. The number of aliphatic hydroxyl groups is 2. The number of aliphatic hydroxyl groups excluding tert-OH is 2. The Morgan fingerprint density at radius 1 is 1.35 bits per heavy atom. The molecule has 0 bridgehead atoms. The van der Waals surface area contributed by atoms with Crippen LogP contribution in [0.4, 0.5) is 0 Å². The third kappa shape index (κ3) is 3.23. The average molecular weight is 312 g/mol. The van der Waals surface area contributed by atoms with Gasteiger partial charge < -0.3 is 19.9 Å². The van der Waals surface area contributed by atoms with Crippen LogP contribution in [0.3, 0.4) is 0 Å². The quantitative estimate of drug-likeness (QED) is 0.600. The molecule has 0 saturated heterocycles. The summed E-state index contributed by atoms with van der Waals surface area (Å²) in [6.45, 7) is -0.349. The third-order valence-corrected chi connectivity index (χ3v) is 3.47. The summed E-state index contributed by atoms with van der Waals surface area (Å²) in [5, 5.41) is 18.9. The summed E-state index contributed by atoms with van der Waals surface area (Å²) in [5.74, 6) is 0.445. The van der Waals surface area contributed by atoms with Crippen LogP contribution in [0.1, 0.15) is 15.9 Å². The van der Waals surface area contributed by atoms with Crippen molar-refractivity contribution >= 4 is 16.7 Å². The van der Waals surface area contributed by atoms with Crippen molar-refractivity contribution in [3.05, 3.63) is 60.0 Å². The molecule has 0 fully saturated rings. The summed E-state index contributed by atoms with van der Waals surface area (Å²) in [7, 11) is 0. The molecule has 1 unspecified atom stereocenters. The lowest BCUT2D eigenvalue weighted by Crippen LogP contribution is -2.21. The molecule has 2 heterocycles. The lowest BCUT2D eigenvalue weighted by Gasteiger charge is -2.09. The second-order valence-electron chi connectivity index (χ2n) is 5.13. The summed E-state index contributed by atoms with van der Waals surface area (Å²) >= 11 is 0. The zero-order chi connectivity index (χ0) is 16.2. The van der Waals surface area contributed by atoms with Crippen molar-refractivity contribution in [1.29, 1.82) is 0 Å². The van der Waals surface area contributed by atoms with E-state index in [0.717, 1.165) is 10.9 Å². The number of fused-ring (bicyclic) bond motifs is 1. The number of aromatic amines is 1. The van der Waals surface area contributed by atoms with Gasteiger partial charge in [-0.15, -0.1) is 0 Å². The summed E-state index contributed by atoms with van der Waals surface area (Å²) in [5.41, 5.74) is 1.85. The highest BCUT2D eigenvalue weighted by atomic mass is 16.5. The van der Waals surface area contributed by atoms with Crippen molar-refractivity contribution in [2.24, 2.45) is 0 Å². The SMILES string of the molecule is O=C(c1cccnc1)c1c[nH]c2cc(OCC(O)CO)ccc12. The maximum Gasteiger partial charge on any atom is 0.196 e. The van der Waals surface area contributed by atoms with Crippen molar-refractivity contribution < 1.29 is 19.7 Å². The highest BCUT2D eigenvalue weighted by molar-refractivity contribution is 6.16. The molecule has 0 spiro atoms. The van der Waals surface area contributed by atoms with E-state index in [1.807, 2.05) is 0 Å². The summed E-state index contributed by atoms with van der Waals surface area (Å²) in [6.07, 6.45) is 3.90. The van der Waals surface area contributed by atoms with Gasteiger partial charge in [0.15, 0.2) is 5.78 Å². The fraction of sp³-hybridized carbons (Fsp3) is 0.176. The molecule has 0 aliphatic heterocycles. The number of aromatic nitrogens is 2. The van der Waals surface area contributed by atoms with Gasteiger partial charge in [0, 0.05) is 46.7 Å². The fourth-order valence-electron chi connectivity index (χ4n) is 2.28. The van der Waals surface area contributed by atoms with Crippen molar-refractivity contribution in [1.82, 2.24) is 9.97 Å². The Kier molecular flexibility index (Phi) is 4.36. The van der Waals surface area contributed by atoms with Crippen LogP contribution in [0.15, 0.2) is 48.9 Å². The van der Waals surface area contributed by atoms with Crippen LogP contribution in [0.2, 0.25) is 0 Å². The van der Waals surface area contributed by atoms with Gasteiger partial charge in [-0.3, -0.25) is 9.78 Å². The number of carbonyl (C=O) groups is 1. The lowest BCUT2D eigenvalue weighted by molar-refractivity contribution is 0.0536. The van der Waals surface area contributed by atoms with Gasteiger partial charge in [0.1, 0.15) is 18.5 Å². The van der Waals surface area contributed by atoms with E-state index in [1.165, 1.54) is 6.20 Å². The Hall–Kier alpha value is -2.70. The zero-order valence-corrected chi connectivity index (χ0v) is 12.3. The van der Waals surface area contributed by atoms with Gasteiger partial charge in [0.25, 0.3) is 0 Å². The van der Waals surface area contributed by atoms with Crippen LogP contribution in [0, 0.1) is 0 Å². The van der Waals surface area contributed by atoms with Crippen LogP contribution in [0.5, 0.6) is 5.75 Å². The number of ketones is 1.